The van der Waals surface area contributed by atoms with Gasteiger partial charge in [0.1, 0.15) is 5.75 Å². The van der Waals surface area contributed by atoms with Gasteiger partial charge in [0.15, 0.2) is 0 Å². The van der Waals surface area contributed by atoms with E-state index >= 15 is 0 Å². The maximum atomic E-state index is 12.1. The minimum Gasteiger partial charge on any atom is -0.435 e. The highest BCUT2D eigenvalue weighted by atomic mass is 35.5. The summed E-state index contributed by atoms with van der Waals surface area (Å²) in [5.74, 6) is 0.00326. The lowest BCUT2D eigenvalue weighted by Gasteiger charge is -2.14. The van der Waals surface area contributed by atoms with Crippen LogP contribution in [0.1, 0.15) is 24.1 Å². The molecule has 0 saturated heterocycles. The predicted octanol–water partition coefficient (Wildman–Crippen LogP) is 3.95. The Morgan fingerprint density at radius 1 is 1.19 bits per heavy atom. The van der Waals surface area contributed by atoms with E-state index < -0.39 is 6.61 Å². The topological polar surface area (TPSA) is 50.4 Å². The van der Waals surface area contributed by atoms with Gasteiger partial charge in [-0.3, -0.25) is 4.79 Å². The highest BCUT2D eigenvalue weighted by Crippen LogP contribution is 2.17. The van der Waals surface area contributed by atoms with Crippen molar-refractivity contribution in [3.8, 4) is 5.75 Å². The summed E-state index contributed by atoms with van der Waals surface area (Å²) in [5.41, 5.74) is 1.93. The first-order valence-electron chi connectivity index (χ1n) is 8.23. The molecule has 0 aliphatic carbocycles. The fraction of sp³-hybridized carbons (Fsp3) is 0.316. The molecular weight excluding hydrogens is 362 g/mol. The Morgan fingerprint density at radius 3 is 2.58 bits per heavy atom. The van der Waals surface area contributed by atoms with E-state index in [9.17, 15) is 13.6 Å². The average Bonchev–Trinajstić information content (AvgIpc) is 2.60. The molecule has 26 heavy (non-hydrogen) atoms. The largest absolute Gasteiger partial charge is 0.435 e. The second-order valence-corrected chi connectivity index (χ2v) is 6.22. The molecule has 0 unspecified atom stereocenters. The number of ether oxygens (including phenoxy) is 1. The van der Waals surface area contributed by atoms with Crippen molar-refractivity contribution in [2.75, 3.05) is 13.1 Å². The summed E-state index contributed by atoms with van der Waals surface area (Å²) in [6, 6.07) is 13.8. The lowest BCUT2D eigenvalue weighted by molar-refractivity contribution is -0.120. The van der Waals surface area contributed by atoms with E-state index in [1.807, 2.05) is 25.1 Å². The van der Waals surface area contributed by atoms with Crippen LogP contribution < -0.4 is 15.4 Å². The van der Waals surface area contributed by atoms with Gasteiger partial charge in [0.2, 0.25) is 5.91 Å². The standard InChI is InChI=1S/C19H21ClF2N2O2/c1-13(15-3-2-4-16(20)11-15)24-12-18(25)23-10-9-14-5-7-17(8-6-14)26-19(21)22/h2-8,11,13,19,24H,9-10,12H2,1H3,(H,23,25)/t13-/m1/s1. The van der Waals surface area contributed by atoms with E-state index in [2.05, 4.69) is 15.4 Å². The van der Waals surface area contributed by atoms with Gasteiger partial charge in [-0.05, 0) is 48.7 Å². The van der Waals surface area contributed by atoms with Crippen LogP contribution in [0.25, 0.3) is 0 Å². The van der Waals surface area contributed by atoms with Crippen molar-refractivity contribution in [1.29, 1.82) is 0 Å². The molecule has 2 aromatic rings. The zero-order valence-electron chi connectivity index (χ0n) is 14.3. The summed E-state index contributed by atoms with van der Waals surface area (Å²) in [7, 11) is 0. The van der Waals surface area contributed by atoms with Gasteiger partial charge < -0.3 is 15.4 Å². The van der Waals surface area contributed by atoms with Crippen LogP contribution in [0.3, 0.4) is 0 Å². The lowest BCUT2D eigenvalue weighted by atomic mass is 10.1. The molecule has 0 aliphatic rings. The molecule has 4 nitrogen and oxygen atoms in total. The minimum atomic E-state index is -2.83. The summed E-state index contributed by atoms with van der Waals surface area (Å²) in [5, 5.41) is 6.62. The van der Waals surface area contributed by atoms with Crippen LogP contribution in [-0.4, -0.2) is 25.6 Å². The number of alkyl halides is 2. The molecule has 0 radical (unpaired) electrons. The third-order valence-electron chi connectivity index (χ3n) is 3.80. The molecule has 140 valence electrons. The van der Waals surface area contributed by atoms with Gasteiger partial charge in [-0.2, -0.15) is 8.78 Å². The number of nitrogens with one attached hydrogen (secondary N) is 2. The smallest absolute Gasteiger partial charge is 0.387 e. The number of carbonyl (C=O) groups is 1. The van der Waals surface area contributed by atoms with E-state index in [-0.39, 0.29) is 24.2 Å². The quantitative estimate of drug-likeness (QED) is 0.690. The van der Waals surface area contributed by atoms with E-state index in [1.54, 1.807) is 18.2 Å². The normalized spacial score (nSPS) is 12.0. The Hall–Kier alpha value is -2.18. The van der Waals surface area contributed by atoms with E-state index in [0.717, 1.165) is 11.1 Å². The number of hydrogen-bond acceptors (Lipinski definition) is 3. The number of benzene rings is 2. The van der Waals surface area contributed by atoms with E-state index in [4.69, 9.17) is 11.6 Å². The molecule has 2 rings (SSSR count). The first-order chi connectivity index (χ1) is 12.4. The van der Waals surface area contributed by atoms with Crippen molar-refractivity contribution >= 4 is 17.5 Å². The number of amides is 1. The molecule has 1 amide bonds. The zero-order valence-corrected chi connectivity index (χ0v) is 15.1. The molecule has 0 aromatic heterocycles. The van der Waals surface area contributed by atoms with Crippen molar-refractivity contribution in [2.45, 2.75) is 26.0 Å². The lowest BCUT2D eigenvalue weighted by Crippen LogP contribution is -2.36. The highest BCUT2D eigenvalue weighted by molar-refractivity contribution is 6.30. The first kappa shape index (κ1) is 20.1. The molecule has 0 fully saturated rings. The fourth-order valence-corrected chi connectivity index (χ4v) is 2.58. The van der Waals surface area contributed by atoms with Crippen LogP contribution in [-0.2, 0) is 11.2 Å². The predicted molar refractivity (Wildman–Crippen MR) is 97.7 cm³/mol. The minimum absolute atomic E-state index is 0.00169. The fourth-order valence-electron chi connectivity index (χ4n) is 2.39. The third kappa shape index (κ3) is 6.98. The number of carbonyl (C=O) groups excluding carboxylic acids is 1. The summed E-state index contributed by atoms with van der Waals surface area (Å²) >= 11 is 5.96. The Kier molecular flexibility index (Phi) is 7.81. The zero-order chi connectivity index (χ0) is 18.9. The van der Waals surface area contributed by atoms with Gasteiger partial charge in [-0.15, -0.1) is 0 Å². The Morgan fingerprint density at radius 2 is 1.92 bits per heavy atom. The van der Waals surface area contributed by atoms with Crippen molar-refractivity contribution in [2.24, 2.45) is 0 Å². The molecule has 2 aromatic carbocycles. The molecule has 7 heteroatoms. The number of hydrogen-bond donors (Lipinski definition) is 2. The van der Waals surface area contributed by atoms with Crippen LogP contribution >= 0.6 is 11.6 Å². The summed E-state index contributed by atoms with van der Waals surface area (Å²) in [4.78, 5) is 11.9. The second-order valence-electron chi connectivity index (χ2n) is 5.78. The summed E-state index contributed by atoms with van der Waals surface area (Å²) < 4.78 is 28.5. The molecule has 2 N–H and O–H groups in total. The van der Waals surface area contributed by atoms with Crippen LogP contribution in [0.2, 0.25) is 5.02 Å². The van der Waals surface area contributed by atoms with Crippen molar-refractivity contribution < 1.29 is 18.3 Å². The van der Waals surface area contributed by atoms with Crippen molar-refractivity contribution in [3.05, 3.63) is 64.7 Å². The van der Waals surface area contributed by atoms with Crippen molar-refractivity contribution in [1.82, 2.24) is 10.6 Å². The maximum Gasteiger partial charge on any atom is 0.387 e. The second kappa shape index (κ2) is 10.1. The third-order valence-corrected chi connectivity index (χ3v) is 4.04. The van der Waals surface area contributed by atoms with E-state index in [0.29, 0.717) is 18.0 Å². The molecule has 0 saturated carbocycles. The Labute approximate surface area is 156 Å². The highest BCUT2D eigenvalue weighted by Gasteiger charge is 2.08. The summed E-state index contributed by atoms with van der Waals surface area (Å²) in [6.07, 6.45) is 0.602. The molecule has 0 heterocycles. The first-order valence-corrected chi connectivity index (χ1v) is 8.61. The van der Waals surface area contributed by atoms with Crippen LogP contribution in [0.4, 0.5) is 8.78 Å². The van der Waals surface area contributed by atoms with Gasteiger partial charge >= 0.3 is 6.61 Å². The SMILES string of the molecule is C[C@@H](NCC(=O)NCCc1ccc(OC(F)F)cc1)c1cccc(Cl)c1. The number of rotatable bonds is 9. The van der Waals surface area contributed by atoms with Crippen LogP contribution in [0, 0.1) is 0 Å². The van der Waals surface area contributed by atoms with Crippen molar-refractivity contribution in [3.63, 3.8) is 0 Å². The average molecular weight is 383 g/mol. The van der Waals surface area contributed by atoms with Crippen LogP contribution in [0.15, 0.2) is 48.5 Å². The maximum absolute atomic E-state index is 12.1. The van der Waals surface area contributed by atoms with Crippen LogP contribution in [0.5, 0.6) is 5.75 Å². The van der Waals surface area contributed by atoms with Gasteiger partial charge in [-0.25, -0.2) is 0 Å². The Balaban J connectivity index is 1.68. The molecule has 0 spiro atoms. The van der Waals surface area contributed by atoms with Gasteiger partial charge in [-0.1, -0.05) is 35.9 Å². The summed E-state index contributed by atoms with van der Waals surface area (Å²) in [6.45, 7) is -0.222. The van der Waals surface area contributed by atoms with Gasteiger partial charge in [0.25, 0.3) is 0 Å². The molecular formula is C19H21ClF2N2O2. The Bertz CT molecular complexity index is 711. The number of halogens is 3. The van der Waals surface area contributed by atoms with Gasteiger partial charge in [0, 0.05) is 17.6 Å². The molecule has 0 bridgehead atoms. The van der Waals surface area contributed by atoms with E-state index in [1.165, 1.54) is 12.1 Å². The molecule has 0 aliphatic heterocycles. The molecule has 1 atom stereocenters. The monoisotopic (exact) mass is 382 g/mol. The van der Waals surface area contributed by atoms with Gasteiger partial charge in [0.05, 0.1) is 6.54 Å².